The van der Waals surface area contributed by atoms with Crippen LogP contribution >= 0.6 is 11.6 Å². The second-order valence-corrected chi connectivity index (χ2v) is 2.14. The van der Waals surface area contributed by atoms with Crippen molar-refractivity contribution in [3.8, 4) is 5.88 Å². The summed E-state index contributed by atoms with van der Waals surface area (Å²) in [6.07, 6.45) is 1.36. The molecule has 0 spiro atoms. The van der Waals surface area contributed by atoms with Crippen LogP contribution in [0.4, 0.5) is 0 Å². The molecule has 0 radical (unpaired) electrons. The summed E-state index contributed by atoms with van der Waals surface area (Å²) in [4.78, 5) is 8.01. The number of rotatable bonds is 0. The molecule has 0 aliphatic heterocycles. The van der Waals surface area contributed by atoms with E-state index in [1.807, 2.05) is 0 Å². The molecule has 4 nitrogen and oxygen atoms in total. The lowest BCUT2D eigenvalue weighted by Gasteiger charge is -1.80. The quantitative estimate of drug-likeness (QED) is 0.435. The van der Waals surface area contributed by atoms with Crippen LogP contribution < -0.4 is 11.0 Å². The number of hydrogen-bond donors (Lipinski definition) is 4. The zero-order chi connectivity index (χ0) is 8.27. The van der Waals surface area contributed by atoms with Crippen molar-refractivity contribution < 1.29 is 5.11 Å². The Morgan fingerprint density at radius 2 is 2.27 bits per heavy atom. The van der Waals surface area contributed by atoms with Gasteiger partial charge in [0.2, 0.25) is 5.88 Å². The van der Waals surface area contributed by atoms with Gasteiger partial charge in [0.05, 0.1) is 6.20 Å². The van der Waals surface area contributed by atoms with E-state index < -0.39 is 0 Å². The van der Waals surface area contributed by atoms with E-state index in [0.717, 1.165) is 0 Å². The highest BCUT2D eigenvalue weighted by atomic mass is 35.5. The summed E-state index contributed by atoms with van der Waals surface area (Å²) in [5.41, 5.74) is 2.27. The second-order valence-electron chi connectivity index (χ2n) is 1.93. The largest absolute Gasteiger partial charge is 0.494 e. The molecule has 0 atom stereocenters. The zero-order valence-electron chi connectivity index (χ0n) is 5.69. The van der Waals surface area contributed by atoms with Gasteiger partial charge in [0.15, 0.2) is 0 Å². The molecule has 0 aliphatic rings. The first kappa shape index (κ1) is 7.81. The van der Waals surface area contributed by atoms with Gasteiger partial charge in [-0.2, -0.15) is 0 Å². The first-order valence-electron chi connectivity index (χ1n) is 2.91. The summed E-state index contributed by atoms with van der Waals surface area (Å²) in [6.45, 7) is 3.59. The van der Waals surface area contributed by atoms with Gasteiger partial charge in [-0.1, -0.05) is 18.2 Å². The summed E-state index contributed by atoms with van der Waals surface area (Å²) >= 11 is 5.39. The topological polar surface area (TPSA) is 67.6 Å². The summed E-state index contributed by atoms with van der Waals surface area (Å²) < 4.78 is 0. The van der Waals surface area contributed by atoms with Crippen molar-refractivity contribution in [2.24, 2.45) is 0 Å². The fourth-order valence-electron chi connectivity index (χ4n) is 0.614. The Labute approximate surface area is 67.5 Å². The first-order chi connectivity index (χ1) is 5.22. The van der Waals surface area contributed by atoms with Crippen LogP contribution in [0.2, 0.25) is 0 Å². The van der Waals surface area contributed by atoms with E-state index in [1.165, 1.54) is 11.7 Å². The van der Waals surface area contributed by atoms with Crippen LogP contribution in [-0.2, 0) is 0 Å². The number of halogens is 1. The van der Waals surface area contributed by atoms with E-state index >= 15 is 0 Å². The van der Waals surface area contributed by atoms with Crippen molar-refractivity contribution in [2.45, 2.75) is 0 Å². The van der Waals surface area contributed by atoms with Crippen LogP contribution in [0, 0.1) is 0 Å². The third-order valence-corrected chi connectivity index (χ3v) is 1.26. The van der Waals surface area contributed by atoms with E-state index in [4.69, 9.17) is 16.7 Å². The molecule has 1 aromatic heterocycles. The highest BCUT2D eigenvalue weighted by Gasteiger charge is 1.80. The number of hydrogen-bond acceptors (Lipinski definition) is 1. The molecule has 0 amide bonds. The van der Waals surface area contributed by atoms with Crippen molar-refractivity contribution >= 4 is 23.7 Å². The molecule has 1 rings (SSSR count). The molecular weight excluding hydrogens is 166 g/mol. The van der Waals surface area contributed by atoms with Crippen LogP contribution in [0.15, 0.2) is 6.20 Å². The minimum absolute atomic E-state index is 0.0250. The van der Waals surface area contributed by atoms with E-state index in [9.17, 15) is 0 Å². The molecule has 11 heavy (non-hydrogen) atoms. The molecule has 1 aromatic rings. The Morgan fingerprint density at radius 3 is 2.91 bits per heavy atom. The third kappa shape index (κ3) is 2.09. The normalized spacial score (nSPS) is 11.5. The van der Waals surface area contributed by atoms with Gasteiger partial charge in [0.25, 0.3) is 0 Å². The monoisotopic (exact) mass is 173 g/mol. The van der Waals surface area contributed by atoms with E-state index in [2.05, 4.69) is 21.5 Å². The maximum absolute atomic E-state index is 9.02. The van der Waals surface area contributed by atoms with E-state index in [-0.39, 0.29) is 5.88 Å². The molecule has 4 N–H and O–H groups in total. The Kier molecular flexibility index (Phi) is 2.28. The van der Waals surface area contributed by atoms with E-state index in [1.54, 1.807) is 0 Å². The van der Waals surface area contributed by atoms with E-state index in [0.29, 0.717) is 11.0 Å². The van der Waals surface area contributed by atoms with Crippen molar-refractivity contribution in [3.05, 3.63) is 17.2 Å². The van der Waals surface area contributed by atoms with Crippen LogP contribution in [0.25, 0.3) is 12.1 Å². The van der Waals surface area contributed by atoms with Gasteiger partial charge in [-0.05, 0) is 0 Å². The molecular formula is C6H8ClN3O. The average molecular weight is 174 g/mol. The van der Waals surface area contributed by atoms with Crippen LogP contribution in [-0.4, -0.2) is 20.1 Å². The van der Waals surface area contributed by atoms with Gasteiger partial charge in [0.1, 0.15) is 11.0 Å². The highest BCUT2D eigenvalue weighted by Crippen LogP contribution is 1.88. The van der Waals surface area contributed by atoms with Crippen molar-refractivity contribution in [3.63, 3.8) is 0 Å². The molecule has 0 aromatic carbocycles. The molecule has 0 aliphatic carbocycles. The molecule has 0 saturated heterocycles. The number of aromatic hydroxyl groups is 1. The third-order valence-electron chi connectivity index (χ3n) is 1.04. The van der Waals surface area contributed by atoms with Gasteiger partial charge < -0.3 is 20.1 Å². The predicted octanol–water partition coefficient (Wildman–Crippen LogP) is -0.112. The van der Waals surface area contributed by atoms with Gasteiger partial charge in [-0.15, -0.1) is 0 Å². The summed E-state index contributed by atoms with van der Waals surface area (Å²) in [5, 5.41) is 9.02. The van der Waals surface area contributed by atoms with Gasteiger partial charge in [0, 0.05) is 5.54 Å². The summed E-state index contributed by atoms with van der Waals surface area (Å²) in [6, 6.07) is 0. The molecule has 0 saturated carbocycles. The second kappa shape index (κ2) is 3.21. The lowest BCUT2D eigenvalue weighted by atomic mass is 10.8. The summed E-state index contributed by atoms with van der Waals surface area (Å²) in [7, 11) is 0. The smallest absolute Gasteiger partial charge is 0.206 e. The van der Waals surface area contributed by atoms with Crippen LogP contribution in [0.5, 0.6) is 5.88 Å². The number of aromatic nitrogens is 3. The molecule has 0 fully saturated rings. The molecule has 0 bridgehead atoms. The zero-order valence-corrected chi connectivity index (χ0v) is 6.44. The molecule has 0 unspecified atom stereocenters. The Morgan fingerprint density at radius 1 is 1.55 bits per heavy atom. The number of nitrogens with one attached hydrogen (secondary N) is 3. The van der Waals surface area contributed by atoms with Crippen molar-refractivity contribution in [1.82, 2.24) is 15.0 Å². The Hall–Kier alpha value is -1.29. The lowest BCUT2D eigenvalue weighted by Crippen LogP contribution is -2.17. The maximum Gasteiger partial charge on any atom is 0.206 e. The average Bonchev–Trinajstić information content (AvgIpc) is 2.13. The predicted molar refractivity (Wildman–Crippen MR) is 43.9 cm³/mol. The fraction of sp³-hybridized carbons (Fsp3) is 0. The Bertz CT molecular complexity index is 371. The Balaban J connectivity index is 3.58. The number of H-pyrrole nitrogens is 3. The van der Waals surface area contributed by atoms with Crippen molar-refractivity contribution in [2.75, 3.05) is 0 Å². The minimum Gasteiger partial charge on any atom is -0.494 e. The number of aromatic amines is 3. The van der Waals surface area contributed by atoms with Gasteiger partial charge in [-0.3, -0.25) is 0 Å². The van der Waals surface area contributed by atoms with Crippen LogP contribution in [0.3, 0.4) is 0 Å². The highest BCUT2D eigenvalue weighted by molar-refractivity contribution is 6.38. The molecule has 1 heterocycles. The van der Waals surface area contributed by atoms with Crippen molar-refractivity contribution in [1.29, 1.82) is 0 Å². The maximum atomic E-state index is 9.02. The lowest BCUT2D eigenvalue weighted by molar-refractivity contribution is 0.451. The van der Waals surface area contributed by atoms with Gasteiger partial charge >= 0.3 is 0 Å². The standard InChI is InChI=1S/C6H8ClN3O/c1-4-8-3-6(11)10-5(2-7)9-4/h2-3,8-11H,1H2. The SMILES string of the molecule is C=c1[nH]cc(O)[nH]c(=CCl)[nH]1. The summed E-state index contributed by atoms with van der Waals surface area (Å²) in [5.74, 6) is -0.0250. The van der Waals surface area contributed by atoms with Gasteiger partial charge in [-0.25, -0.2) is 0 Å². The first-order valence-corrected chi connectivity index (χ1v) is 3.35. The molecule has 60 valence electrons. The fourth-order valence-corrected chi connectivity index (χ4v) is 0.723. The minimum atomic E-state index is -0.0250. The molecule has 5 heteroatoms. The van der Waals surface area contributed by atoms with Crippen LogP contribution in [0.1, 0.15) is 0 Å².